The van der Waals surface area contributed by atoms with Crippen LogP contribution < -0.4 is 10.1 Å². The van der Waals surface area contributed by atoms with E-state index in [0.717, 1.165) is 4.88 Å². The van der Waals surface area contributed by atoms with Crippen LogP contribution in [0.25, 0.3) is 10.7 Å². The van der Waals surface area contributed by atoms with Crippen molar-refractivity contribution in [3.8, 4) is 16.5 Å². The summed E-state index contributed by atoms with van der Waals surface area (Å²) >= 11 is 6.70. The molecule has 0 bridgehead atoms. The monoisotopic (exact) mass is 410 g/mol. The summed E-state index contributed by atoms with van der Waals surface area (Å²) in [4.78, 5) is 13.4. The molecule has 1 unspecified atom stereocenters. The van der Waals surface area contributed by atoms with Crippen LogP contribution in [0.1, 0.15) is 18.5 Å². The molecule has 142 valence electrons. The van der Waals surface area contributed by atoms with Crippen LogP contribution >= 0.6 is 23.6 Å². The van der Waals surface area contributed by atoms with Crippen molar-refractivity contribution in [1.29, 1.82) is 0 Å². The summed E-state index contributed by atoms with van der Waals surface area (Å²) in [5, 5.41) is 11.6. The fourth-order valence-electron chi connectivity index (χ4n) is 2.53. The number of thiophene rings is 1. The predicted molar refractivity (Wildman–Crippen MR) is 100 cm³/mol. The first-order valence-electron chi connectivity index (χ1n) is 7.97. The van der Waals surface area contributed by atoms with Crippen LogP contribution in [0.4, 0.5) is 8.78 Å². The van der Waals surface area contributed by atoms with E-state index in [0.29, 0.717) is 16.2 Å². The maximum Gasteiger partial charge on any atom is 0.387 e. The average molecular weight is 410 g/mol. The van der Waals surface area contributed by atoms with E-state index < -0.39 is 12.7 Å². The third kappa shape index (κ3) is 4.77. The van der Waals surface area contributed by atoms with Gasteiger partial charge >= 0.3 is 6.61 Å². The Balaban J connectivity index is 1.70. The van der Waals surface area contributed by atoms with E-state index in [1.807, 2.05) is 17.5 Å². The summed E-state index contributed by atoms with van der Waals surface area (Å²) in [5.41, 5.74) is 0.649. The molecule has 1 atom stereocenters. The lowest BCUT2D eigenvalue weighted by Crippen LogP contribution is -2.30. The molecular formula is C17H16F2N4O2S2. The van der Waals surface area contributed by atoms with E-state index in [1.54, 1.807) is 23.6 Å². The normalized spacial score (nSPS) is 12.1. The molecule has 10 heteroatoms. The molecule has 2 aromatic heterocycles. The van der Waals surface area contributed by atoms with Gasteiger partial charge in [0.05, 0.1) is 10.9 Å². The quantitative estimate of drug-likeness (QED) is 0.574. The third-order valence-electron chi connectivity index (χ3n) is 3.76. The van der Waals surface area contributed by atoms with Crippen LogP contribution in [0.5, 0.6) is 5.75 Å². The van der Waals surface area contributed by atoms with Crippen molar-refractivity contribution in [2.45, 2.75) is 26.1 Å². The molecule has 0 fully saturated rings. The number of hydrogen-bond donors (Lipinski definition) is 2. The van der Waals surface area contributed by atoms with Gasteiger partial charge in [-0.15, -0.1) is 11.3 Å². The van der Waals surface area contributed by atoms with Gasteiger partial charge in [-0.25, -0.2) is 0 Å². The minimum absolute atomic E-state index is 0.0138. The first kappa shape index (κ1) is 19.2. The first-order chi connectivity index (χ1) is 12.9. The standard InChI is InChI=1S/C17H16F2N4O2S2/c1-10(11-4-2-5-12(8-11)25-16(18)19)20-14(24)9-23-15(21-22-17(23)26)13-6-3-7-27-13/h2-8,10,16H,9H2,1H3,(H,20,24)(H,22,26). The number of amides is 1. The van der Waals surface area contributed by atoms with Crippen LogP contribution in [0.3, 0.4) is 0 Å². The summed E-state index contributed by atoms with van der Waals surface area (Å²) in [5.74, 6) is 0.351. The van der Waals surface area contributed by atoms with Crippen molar-refractivity contribution in [2.24, 2.45) is 0 Å². The summed E-state index contributed by atoms with van der Waals surface area (Å²) in [6.07, 6.45) is 0. The maximum absolute atomic E-state index is 12.5. The van der Waals surface area contributed by atoms with Gasteiger partial charge in [0.25, 0.3) is 0 Å². The van der Waals surface area contributed by atoms with Gasteiger partial charge in [-0.05, 0) is 48.3 Å². The molecule has 2 N–H and O–H groups in total. The molecular weight excluding hydrogens is 394 g/mol. The molecule has 0 aliphatic carbocycles. The van der Waals surface area contributed by atoms with Crippen molar-refractivity contribution in [2.75, 3.05) is 0 Å². The van der Waals surface area contributed by atoms with Crippen molar-refractivity contribution in [1.82, 2.24) is 20.1 Å². The van der Waals surface area contributed by atoms with Gasteiger partial charge in [0.1, 0.15) is 12.3 Å². The second-order valence-corrected chi connectivity index (χ2v) is 6.99. The number of carbonyl (C=O) groups excluding carboxylic acids is 1. The second kappa shape index (κ2) is 8.40. The lowest BCUT2D eigenvalue weighted by atomic mass is 10.1. The van der Waals surface area contributed by atoms with Gasteiger partial charge in [0.15, 0.2) is 10.6 Å². The van der Waals surface area contributed by atoms with Crippen LogP contribution in [0.2, 0.25) is 0 Å². The van der Waals surface area contributed by atoms with E-state index in [-0.39, 0.29) is 18.2 Å². The zero-order chi connectivity index (χ0) is 19.4. The van der Waals surface area contributed by atoms with Crippen LogP contribution in [0.15, 0.2) is 41.8 Å². The first-order valence-corrected chi connectivity index (χ1v) is 9.26. The van der Waals surface area contributed by atoms with Gasteiger partial charge < -0.3 is 10.1 Å². The maximum atomic E-state index is 12.5. The fourth-order valence-corrected chi connectivity index (χ4v) is 3.45. The number of nitrogens with zero attached hydrogens (tertiary/aromatic N) is 2. The number of H-pyrrole nitrogens is 1. The van der Waals surface area contributed by atoms with Crippen molar-refractivity contribution in [3.05, 3.63) is 52.1 Å². The topological polar surface area (TPSA) is 71.9 Å². The third-order valence-corrected chi connectivity index (χ3v) is 4.94. The summed E-state index contributed by atoms with van der Waals surface area (Å²) in [6.45, 7) is -1.15. The molecule has 3 rings (SSSR count). The number of aromatic nitrogens is 3. The number of benzene rings is 1. The van der Waals surface area contributed by atoms with Gasteiger partial charge in [-0.2, -0.15) is 13.9 Å². The van der Waals surface area contributed by atoms with Crippen LogP contribution in [-0.4, -0.2) is 27.3 Å². The Morgan fingerprint density at radius 2 is 2.22 bits per heavy atom. The Morgan fingerprint density at radius 3 is 2.93 bits per heavy atom. The molecule has 3 aromatic rings. The zero-order valence-corrected chi connectivity index (χ0v) is 15.8. The molecule has 0 aliphatic rings. The molecule has 2 heterocycles. The van der Waals surface area contributed by atoms with Crippen molar-refractivity contribution >= 4 is 29.5 Å². The second-order valence-electron chi connectivity index (χ2n) is 5.66. The molecule has 27 heavy (non-hydrogen) atoms. The van der Waals surface area contributed by atoms with Gasteiger partial charge in [0.2, 0.25) is 5.91 Å². The molecule has 0 spiro atoms. The lowest BCUT2D eigenvalue weighted by molar-refractivity contribution is -0.122. The van der Waals surface area contributed by atoms with E-state index in [1.165, 1.54) is 23.5 Å². The average Bonchev–Trinajstić information content (AvgIpc) is 3.25. The molecule has 0 saturated carbocycles. The highest BCUT2D eigenvalue weighted by atomic mass is 32.1. The summed E-state index contributed by atoms with van der Waals surface area (Å²) < 4.78 is 31.1. The lowest BCUT2D eigenvalue weighted by Gasteiger charge is -2.16. The minimum atomic E-state index is -2.90. The largest absolute Gasteiger partial charge is 0.435 e. The van der Waals surface area contributed by atoms with Crippen LogP contribution in [-0.2, 0) is 11.3 Å². The molecule has 0 radical (unpaired) electrons. The molecule has 0 saturated heterocycles. The van der Waals surface area contributed by atoms with Gasteiger partial charge in [0, 0.05) is 0 Å². The molecule has 6 nitrogen and oxygen atoms in total. The van der Waals surface area contributed by atoms with E-state index in [4.69, 9.17) is 12.2 Å². The number of aromatic amines is 1. The number of alkyl halides is 2. The van der Waals surface area contributed by atoms with Gasteiger partial charge in [-0.1, -0.05) is 18.2 Å². The number of ether oxygens (including phenoxy) is 1. The van der Waals surface area contributed by atoms with Crippen molar-refractivity contribution in [3.63, 3.8) is 0 Å². The Morgan fingerprint density at radius 1 is 1.41 bits per heavy atom. The number of rotatable bonds is 7. The zero-order valence-electron chi connectivity index (χ0n) is 14.2. The Bertz CT molecular complexity index is 969. The Labute approximate surface area is 162 Å². The van der Waals surface area contributed by atoms with Gasteiger partial charge in [-0.3, -0.25) is 14.5 Å². The predicted octanol–water partition coefficient (Wildman–Crippen LogP) is 4.15. The Kier molecular flexibility index (Phi) is 5.97. The number of halogens is 2. The summed E-state index contributed by atoms with van der Waals surface area (Å²) in [7, 11) is 0. The highest BCUT2D eigenvalue weighted by Gasteiger charge is 2.16. The number of hydrogen-bond acceptors (Lipinski definition) is 5. The Hall–Kier alpha value is -2.59. The number of nitrogens with one attached hydrogen (secondary N) is 2. The van der Waals surface area contributed by atoms with E-state index in [9.17, 15) is 13.6 Å². The van der Waals surface area contributed by atoms with Crippen molar-refractivity contribution < 1.29 is 18.3 Å². The summed E-state index contributed by atoms with van der Waals surface area (Å²) in [6, 6.07) is 9.60. The molecule has 1 aromatic carbocycles. The van der Waals surface area contributed by atoms with E-state index in [2.05, 4.69) is 20.3 Å². The molecule has 0 aliphatic heterocycles. The fraction of sp³-hybridized carbons (Fsp3) is 0.235. The SMILES string of the molecule is CC(NC(=O)Cn1c(-c2cccs2)n[nH]c1=S)c1cccc(OC(F)F)c1. The smallest absolute Gasteiger partial charge is 0.387 e. The highest BCUT2D eigenvalue weighted by molar-refractivity contribution is 7.71. The van der Waals surface area contributed by atoms with E-state index >= 15 is 0 Å². The highest BCUT2D eigenvalue weighted by Crippen LogP contribution is 2.23. The van der Waals surface area contributed by atoms with Crippen LogP contribution in [0, 0.1) is 4.77 Å². The minimum Gasteiger partial charge on any atom is -0.435 e. The molecule has 1 amide bonds. The number of carbonyl (C=O) groups is 1.